The fourth-order valence-electron chi connectivity index (χ4n) is 4.95. The first kappa shape index (κ1) is 15.7. The van der Waals surface area contributed by atoms with Crippen LogP contribution in [-0.2, 0) is 4.79 Å². The molecule has 0 unspecified atom stereocenters. The Hall–Kier alpha value is -1.78. The zero-order valence-corrected chi connectivity index (χ0v) is 14.3. The Morgan fingerprint density at radius 3 is 2.75 bits per heavy atom. The topological polar surface area (TPSA) is 56.4 Å². The highest BCUT2D eigenvalue weighted by Gasteiger charge is 2.44. The molecule has 0 bridgehead atoms. The molecule has 2 saturated heterocycles. The van der Waals surface area contributed by atoms with Gasteiger partial charge in [-0.25, -0.2) is 0 Å². The van der Waals surface area contributed by atoms with Gasteiger partial charge in [-0.2, -0.15) is 0 Å². The van der Waals surface area contributed by atoms with Crippen molar-refractivity contribution in [3.8, 4) is 0 Å². The van der Waals surface area contributed by atoms with Gasteiger partial charge in [0.2, 0.25) is 5.91 Å². The van der Waals surface area contributed by atoms with Crippen LogP contribution in [0.2, 0.25) is 0 Å². The van der Waals surface area contributed by atoms with Gasteiger partial charge in [0, 0.05) is 49.9 Å². The van der Waals surface area contributed by atoms with Gasteiger partial charge < -0.3 is 14.8 Å². The highest BCUT2D eigenvalue weighted by Crippen LogP contribution is 2.41. The Labute approximate surface area is 143 Å². The number of H-pyrrole nitrogens is 1. The molecule has 1 spiro atoms. The van der Waals surface area contributed by atoms with Gasteiger partial charge in [0.05, 0.1) is 5.56 Å². The summed E-state index contributed by atoms with van der Waals surface area (Å²) in [4.78, 5) is 32.3. The van der Waals surface area contributed by atoms with Crippen LogP contribution in [0.25, 0.3) is 0 Å². The van der Waals surface area contributed by atoms with E-state index in [9.17, 15) is 9.59 Å². The molecule has 2 aliphatic heterocycles. The van der Waals surface area contributed by atoms with Crippen molar-refractivity contribution in [2.24, 2.45) is 5.41 Å². The first-order valence-electron chi connectivity index (χ1n) is 9.38. The van der Waals surface area contributed by atoms with E-state index in [1.165, 1.54) is 12.8 Å². The number of nitrogens with one attached hydrogen (secondary N) is 1. The van der Waals surface area contributed by atoms with E-state index in [2.05, 4.69) is 9.88 Å². The van der Waals surface area contributed by atoms with Crippen molar-refractivity contribution in [2.45, 2.75) is 57.4 Å². The predicted octanol–water partition coefficient (Wildman–Crippen LogP) is 2.80. The Morgan fingerprint density at radius 1 is 1.17 bits per heavy atom. The van der Waals surface area contributed by atoms with E-state index in [4.69, 9.17) is 0 Å². The van der Waals surface area contributed by atoms with Gasteiger partial charge in [-0.05, 0) is 38.2 Å². The van der Waals surface area contributed by atoms with Crippen molar-refractivity contribution in [3.05, 3.63) is 24.0 Å². The number of aromatic nitrogens is 1. The van der Waals surface area contributed by atoms with Crippen molar-refractivity contribution in [1.29, 1.82) is 0 Å². The SMILES string of the molecule is O=C(c1cc[nH]c1)N1CCC[C@]2(CCC(=O)N(C3CCCC3)C2)C1. The van der Waals surface area contributed by atoms with Crippen LogP contribution in [-0.4, -0.2) is 52.3 Å². The summed E-state index contributed by atoms with van der Waals surface area (Å²) in [5.74, 6) is 0.459. The molecule has 1 atom stereocenters. The molecule has 2 amide bonds. The van der Waals surface area contributed by atoms with E-state index in [-0.39, 0.29) is 11.3 Å². The maximum atomic E-state index is 12.7. The van der Waals surface area contributed by atoms with Gasteiger partial charge in [-0.3, -0.25) is 9.59 Å². The molecule has 1 aromatic heterocycles. The second-order valence-electron chi connectivity index (χ2n) is 7.89. The molecule has 5 heteroatoms. The summed E-state index contributed by atoms with van der Waals surface area (Å²) in [6, 6.07) is 2.30. The molecule has 5 nitrogen and oxygen atoms in total. The molecule has 3 heterocycles. The second kappa shape index (κ2) is 6.26. The maximum absolute atomic E-state index is 12.7. The molecular formula is C19H27N3O2. The number of hydrogen-bond acceptors (Lipinski definition) is 2. The first-order valence-corrected chi connectivity index (χ1v) is 9.38. The predicted molar refractivity (Wildman–Crippen MR) is 91.6 cm³/mol. The Morgan fingerprint density at radius 2 is 2.00 bits per heavy atom. The van der Waals surface area contributed by atoms with Crippen LogP contribution in [0.4, 0.5) is 0 Å². The minimum Gasteiger partial charge on any atom is -0.367 e. The summed E-state index contributed by atoms with van der Waals surface area (Å²) in [5, 5.41) is 0. The van der Waals surface area contributed by atoms with Gasteiger partial charge in [0.25, 0.3) is 5.91 Å². The van der Waals surface area contributed by atoms with Crippen molar-refractivity contribution < 1.29 is 9.59 Å². The molecule has 0 radical (unpaired) electrons. The van der Waals surface area contributed by atoms with Gasteiger partial charge in [0.1, 0.15) is 0 Å². The van der Waals surface area contributed by atoms with E-state index in [1.807, 2.05) is 11.0 Å². The van der Waals surface area contributed by atoms with Crippen molar-refractivity contribution >= 4 is 11.8 Å². The number of hydrogen-bond donors (Lipinski definition) is 1. The lowest BCUT2D eigenvalue weighted by Gasteiger charge is -2.49. The molecule has 1 N–H and O–H groups in total. The molecule has 1 aromatic rings. The van der Waals surface area contributed by atoms with Gasteiger partial charge >= 0.3 is 0 Å². The molecular weight excluding hydrogens is 302 g/mol. The summed E-state index contributed by atoms with van der Waals surface area (Å²) < 4.78 is 0. The Kier molecular flexibility index (Phi) is 4.10. The third-order valence-corrected chi connectivity index (χ3v) is 6.25. The van der Waals surface area contributed by atoms with Gasteiger partial charge in [0.15, 0.2) is 0 Å². The fraction of sp³-hybridized carbons (Fsp3) is 0.684. The van der Waals surface area contributed by atoms with E-state index in [0.29, 0.717) is 18.4 Å². The number of amides is 2. The van der Waals surface area contributed by atoms with Crippen molar-refractivity contribution in [2.75, 3.05) is 19.6 Å². The number of nitrogens with zero attached hydrogens (tertiary/aromatic N) is 2. The van der Waals surface area contributed by atoms with E-state index in [0.717, 1.165) is 57.3 Å². The Bertz CT molecular complexity index is 606. The monoisotopic (exact) mass is 329 g/mol. The fourth-order valence-corrected chi connectivity index (χ4v) is 4.95. The quantitative estimate of drug-likeness (QED) is 0.907. The molecule has 1 aliphatic carbocycles. The van der Waals surface area contributed by atoms with Crippen LogP contribution in [0.3, 0.4) is 0 Å². The Balaban J connectivity index is 1.49. The highest BCUT2D eigenvalue weighted by molar-refractivity contribution is 5.94. The van der Waals surface area contributed by atoms with E-state index in [1.54, 1.807) is 12.4 Å². The number of carbonyl (C=O) groups excluding carboxylic acids is 2. The zero-order valence-electron chi connectivity index (χ0n) is 14.3. The molecule has 1 saturated carbocycles. The average molecular weight is 329 g/mol. The van der Waals surface area contributed by atoms with Crippen LogP contribution in [0.15, 0.2) is 18.5 Å². The van der Waals surface area contributed by atoms with Crippen LogP contribution in [0.5, 0.6) is 0 Å². The average Bonchev–Trinajstić information content (AvgIpc) is 3.30. The summed E-state index contributed by atoms with van der Waals surface area (Å²) in [7, 11) is 0. The standard InChI is InChI=1S/C19H27N3O2/c23-17-6-9-19(14-22(17)16-4-1-2-5-16)8-3-11-21(13-19)18(24)15-7-10-20-12-15/h7,10,12,16,20H,1-6,8-9,11,13-14H2/t19-/m0/s1. The number of rotatable bonds is 2. The third-order valence-electron chi connectivity index (χ3n) is 6.25. The second-order valence-corrected chi connectivity index (χ2v) is 7.89. The first-order chi connectivity index (χ1) is 11.7. The normalized spacial score (nSPS) is 28.8. The smallest absolute Gasteiger partial charge is 0.255 e. The number of aromatic amines is 1. The number of carbonyl (C=O) groups is 2. The largest absolute Gasteiger partial charge is 0.367 e. The van der Waals surface area contributed by atoms with Gasteiger partial charge in [-0.15, -0.1) is 0 Å². The number of piperidine rings is 2. The van der Waals surface area contributed by atoms with Crippen LogP contribution < -0.4 is 0 Å². The summed E-state index contributed by atoms with van der Waals surface area (Å²) in [5.41, 5.74) is 0.854. The molecule has 4 rings (SSSR count). The van der Waals surface area contributed by atoms with E-state index < -0.39 is 0 Å². The lowest BCUT2D eigenvalue weighted by molar-refractivity contribution is -0.142. The zero-order chi connectivity index (χ0) is 16.6. The molecule has 24 heavy (non-hydrogen) atoms. The molecule has 3 fully saturated rings. The highest BCUT2D eigenvalue weighted by atomic mass is 16.2. The summed E-state index contributed by atoms with van der Waals surface area (Å²) in [6.45, 7) is 2.49. The van der Waals surface area contributed by atoms with Gasteiger partial charge in [-0.1, -0.05) is 12.8 Å². The summed E-state index contributed by atoms with van der Waals surface area (Å²) in [6.07, 6.45) is 12.2. The summed E-state index contributed by atoms with van der Waals surface area (Å²) >= 11 is 0. The van der Waals surface area contributed by atoms with Crippen molar-refractivity contribution in [1.82, 2.24) is 14.8 Å². The van der Waals surface area contributed by atoms with Crippen molar-refractivity contribution in [3.63, 3.8) is 0 Å². The van der Waals surface area contributed by atoms with E-state index >= 15 is 0 Å². The third kappa shape index (κ3) is 2.85. The minimum absolute atomic E-state index is 0.112. The number of likely N-dealkylation sites (tertiary alicyclic amines) is 2. The molecule has 130 valence electrons. The maximum Gasteiger partial charge on any atom is 0.255 e. The van der Waals surface area contributed by atoms with Crippen LogP contribution in [0.1, 0.15) is 61.7 Å². The minimum atomic E-state index is 0.112. The van der Waals surface area contributed by atoms with Crippen LogP contribution in [0, 0.1) is 5.41 Å². The lowest BCUT2D eigenvalue weighted by Crippen LogP contribution is -2.56. The molecule has 3 aliphatic rings. The molecule has 0 aromatic carbocycles. The van der Waals surface area contributed by atoms with Crippen LogP contribution >= 0.6 is 0 Å². The lowest BCUT2D eigenvalue weighted by atomic mass is 9.73.